The van der Waals surface area contributed by atoms with Crippen molar-refractivity contribution in [1.82, 2.24) is 4.90 Å². The van der Waals surface area contributed by atoms with Crippen molar-refractivity contribution < 1.29 is 19.1 Å². The Morgan fingerprint density at radius 1 is 0.844 bits per heavy atom. The number of hydrogen-bond acceptors (Lipinski definition) is 5. The molecule has 160 valence electrons. The van der Waals surface area contributed by atoms with Gasteiger partial charge in [-0.2, -0.15) is 0 Å². The SMILES string of the molecule is Cc1ccc(C2=C(Nc3ccc4c(c3)OCCO4)C(=O)N(Cc3ccccc3)C2=O)cc1. The van der Waals surface area contributed by atoms with Crippen LogP contribution in [0.4, 0.5) is 5.69 Å². The summed E-state index contributed by atoms with van der Waals surface area (Å²) in [7, 11) is 0. The van der Waals surface area contributed by atoms with Gasteiger partial charge in [0.05, 0.1) is 12.1 Å². The Morgan fingerprint density at radius 3 is 2.31 bits per heavy atom. The molecule has 6 heteroatoms. The average molecular weight is 426 g/mol. The molecule has 2 heterocycles. The van der Waals surface area contributed by atoms with Gasteiger partial charge in [0.1, 0.15) is 18.9 Å². The lowest BCUT2D eigenvalue weighted by molar-refractivity contribution is -0.137. The van der Waals surface area contributed by atoms with Gasteiger partial charge in [-0.15, -0.1) is 0 Å². The number of benzene rings is 3. The van der Waals surface area contributed by atoms with Crippen molar-refractivity contribution in [3.8, 4) is 11.5 Å². The van der Waals surface area contributed by atoms with Crippen LogP contribution in [0.3, 0.4) is 0 Å². The molecule has 3 aromatic carbocycles. The van der Waals surface area contributed by atoms with Gasteiger partial charge in [0.2, 0.25) is 0 Å². The second-order valence-electron chi connectivity index (χ2n) is 7.78. The van der Waals surface area contributed by atoms with Gasteiger partial charge in [-0.1, -0.05) is 60.2 Å². The van der Waals surface area contributed by atoms with Gasteiger partial charge in [0.25, 0.3) is 11.8 Å². The summed E-state index contributed by atoms with van der Waals surface area (Å²) in [6, 6.07) is 22.5. The van der Waals surface area contributed by atoms with Crippen LogP contribution >= 0.6 is 0 Å². The molecule has 0 fully saturated rings. The maximum atomic E-state index is 13.4. The zero-order valence-corrected chi connectivity index (χ0v) is 17.6. The van der Waals surface area contributed by atoms with E-state index < -0.39 is 0 Å². The van der Waals surface area contributed by atoms with E-state index in [2.05, 4.69) is 5.32 Å². The molecule has 3 aromatic rings. The number of carbonyl (C=O) groups is 2. The molecule has 0 spiro atoms. The number of ether oxygens (including phenoxy) is 2. The Balaban J connectivity index is 1.52. The Labute approximate surface area is 186 Å². The third kappa shape index (κ3) is 3.71. The summed E-state index contributed by atoms with van der Waals surface area (Å²) in [6.45, 7) is 3.16. The highest BCUT2D eigenvalue weighted by molar-refractivity contribution is 6.36. The molecule has 2 aliphatic rings. The van der Waals surface area contributed by atoms with E-state index in [0.29, 0.717) is 41.5 Å². The lowest BCUT2D eigenvalue weighted by Gasteiger charge is -2.19. The van der Waals surface area contributed by atoms with Gasteiger partial charge in [-0.05, 0) is 30.2 Å². The number of amides is 2. The lowest BCUT2D eigenvalue weighted by Crippen LogP contribution is -2.32. The summed E-state index contributed by atoms with van der Waals surface area (Å²) in [4.78, 5) is 28.1. The molecule has 0 radical (unpaired) electrons. The molecule has 1 N–H and O–H groups in total. The first-order valence-electron chi connectivity index (χ1n) is 10.5. The summed E-state index contributed by atoms with van der Waals surface area (Å²) < 4.78 is 11.2. The number of fused-ring (bicyclic) bond motifs is 1. The zero-order chi connectivity index (χ0) is 22.1. The fraction of sp³-hybridized carbons (Fsp3) is 0.154. The molecular weight excluding hydrogens is 404 g/mol. The highest BCUT2D eigenvalue weighted by Gasteiger charge is 2.39. The van der Waals surface area contributed by atoms with Crippen LogP contribution in [0.15, 0.2) is 78.5 Å². The van der Waals surface area contributed by atoms with Crippen molar-refractivity contribution in [2.75, 3.05) is 18.5 Å². The van der Waals surface area contributed by atoms with Crippen molar-refractivity contribution in [3.63, 3.8) is 0 Å². The summed E-state index contributed by atoms with van der Waals surface area (Å²) >= 11 is 0. The second kappa shape index (κ2) is 8.23. The maximum absolute atomic E-state index is 13.4. The molecule has 0 saturated heterocycles. The van der Waals surface area contributed by atoms with Crippen molar-refractivity contribution in [2.24, 2.45) is 0 Å². The summed E-state index contributed by atoms with van der Waals surface area (Å²) in [5.41, 5.74) is 3.93. The number of aryl methyl sites for hydroxylation is 1. The van der Waals surface area contributed by atoms with Crippen LogP contribution in [0.25, 0.3) is 5.57 Å². The van der Waals surface area contributed by atoms with Crippen LogP contribution in [0.2, 0.25) is 0 Å². The molecule has 0 aromatic heterocycles. The Kier molecular flexibility index (Phi) is 5.11. The molecule has 0 saturated carbocycles. The van der Waals surface area contributed by atoms with E-state index >= 15 is 0 Å². The lowest BCUT2D eigenvalue weighted by atomic mass is 10.0. The van der Waals surface area contributed by atoms with E-state index in [1.54, 1.807) is 12.1 Å². The standard InChI is InChI=1S/C26H22N2O4/c1-17-7-9-19(10-8-17)23-24(27-20-11-12-21-22(15-20)32-14-13-31-21)26(30)28(25(23)29)16-18-5-3-2-4-6-18/h2-12,15,27H,13-14,16H2,1H3. The zero-order valence-electron chi connectivity index (χ0n) is 17.6. The Hall–Kier alpha value is -4.06. The van der Waals surface area contributed by atoms with Crippen molar-refractivity contribution in [1.29, 1.82) is 0 Å². The minimum atomic E-state index is -0.357. The van der Waals surface area contributed by atoms with Gasteiger partial charge in [0.15, 0.2) is 11.5 Å². The van der Waals surface area contributed by atoms with Gasteiger partial charge >= 0.3 is 0 Å². The van der Waals surface area contributed by atoms with Crippen LogP contribution in [0.1, 0.15) is 16.7 Å². The largest absolute Gasteiger partial charge is 0.486 e. The molecule has 0 atom stereocenters. The van der Waals surface area contributed by atoms with Gasteiger partial charge in [-0.3, -0.25) is 14.5 Å². The predicted octanol–water partition coefficient (Wildman–Crippen LogP) is 4.16. The van der Waals surface area contributed by atoms with Crippen LogP contribution in [0, 0.1) is 6.92 Å². The fourth-order valence-electron chi connectivity index (χ4n) is 3.86. The smallest absolute Gasteiger partial charge is 0.278 e. The van der Waals surface area contributed by atoms with Crippen LogP contribution in [-0.4, -0.2) is 29.9 Å². The first-order chi connectivity index (χ1) is 15.6. The topological polar surface area (TPSA) is 67.9 Å². The van der Waals surface area contributed by atoms with Gasteiger partial charge in [0, 0.05) is 11.8 Å². The second-order valence-corrected chi connectivity index (χ2v) is 7.78. The molecule has 2 aliphatic heterocycles. The molecule has 0 bridgehead atoms. The van der Waals surface area contributed by atoms with Crippen molar-refractivity contribution >= 4 is 23.1 Å². The van der Waals surface area contributed by atoms with Crippen LogP contribution in [-0.2, 0) is 16.1 Å². The molecule has 2 amide bonds. The van der Waals surface area contributed by atoms with E-state index in [-0.39, 0.29) is 24.1 Å². The summed E-state index contributed by atoms with van der Waals surface area (Å²) in [5, 5.41) is 3.18. The fourth-order valence-corrected chi connectivity index (χ4v) is 3.86. The quantitative estimate of drug-likeness (QED) is 0.621. The van der Waals surface area contributed by atoms with Crippen LogP contribution < -0.4 is 14.8 Å². The Morgan fingerprint density at radius 2 is 1.56 bits per heavy atom. The number of hydrogen-bond donors (Lipinski definition) is 1. The van der Waals surface area contributed by atoms with E-state index in [1.165, 1.54) is 4.90 Å². The van der Waals surface area contributed by atoms with E-state index in [9.17, 15) is 9.59 Å². The predicted molar refractivity (Wildman–Crippen MR) is 121 cm³/mol. The van der Waals surface area contributed by atoms with E-state index in [0.717, 1.165) is 11.1 Å². The van der Waals surface area contributed by atoms with E-state index in [4.69, 9.17) is 9.47 Å². The minimum Gasteiger partial charge on any atom is -0.486 e. The molecule has 0 aliphatic carbocycles. The molecule has 5 rings (SSSR count). The summed E-state index contributed by atoms with van der Waals surface area (Å²) in [5.74, 6) is 0.595. The molecule has 0 unspecified atom stereocenters. The highest BCUT2D eigenvalue weighted by atomic mass is 16.6. The molecule has 32 heavy (non-hydrogen) atoms. The molecular formula is C26H22N2O4. The Bertz CT molecular complexity index is 1220. The summed E-state index contributed by atoms with van der Waals surface area (Å²) in [6.07, 6.45) is 0. The maximum Gasteiger partial charge on any atom is 0.278 e. The average Bonchev–Trinajstić information content (AvgIpc) is 3.04. The highest BCUT2D eigenvalue weighted by Crippen LogP contribution is 2.36. The third-order valence-corrected chi connectivity index (χ3v) is 5.50. The van der Waals surface area contributed by atoms with Crippen LogP contribution in [0.5, 0.6) is 11.5 Å². The number of carbonyl (C=O) groups excluding carboxylic acids is 2. The van der Waals surface area contributed by atoms with Gasteiger partial charge in [-0.25, -0.2) is 0 Å². The van der Waals surface area contributed by atoms with Crippen molar-refractivity contribution in [2.45, 2.75) is 13.5 Å². The number of nitrogens with zero attached hydrogens (tertiary/aromatic N) is 1. The first-order valence-corrected chi connectivity index (χ1v) is 10.5. The number of anilines is 1. The number of rotatable bonds is 5. The first kappa shape index (κ1) is 19.9. The monoisotopic (exact) mass is 426 g/mol. The third-order valence-electron chi connectivity index (χ3n) is 5.50. The number of imide groups is 1. The minimum absolute atomic E-state index is 0.209. The normalized spacial score (nSPS) is 15.3. The van der Waals surface area contributed by atoms with E-state index in [1.807, 2.05) is 67.6 Å². The van der Waals surface area contributed by atoms with Gasteiger partial charge < -0.3 is 14.8 Å². The number of nitrogens with one attached hydrogen (secondary N) is 1. The molecule has 6 nitrogen and oxygen atoms in total. The van der Waals surface area contributed by atoms with Crippen molar-refractivity contribution in [3.05, 3.63) is 95.2 Å².